The number of fused-ring (bicyclic) bond motifs is 1. The van der Waals surface area contributed by atoms with Crippen LogP contribution in [0.25, 0.3) is 0 Å². The number of hydrogen-bond acceptors (Lipinski definition) is 6. The molecular weight excluding hydrogens is 274 g/mol. The average molecular weight is 289 g/mol. The van der Waals surface area contributed by atoms with Crippen molar-refractivity contribution in [3.63, 3.8) is 0 Å². The number of carbonyl (C=O) groups excluding carboxylic acids is 3. The Morgan fingerprint density at radius 2 is 1.95 bits per heavy atom. The molecule has 0 atom stereocenters. The number of carbonyl (C=O) groups is 3. The Morgan fingerprint density at radius 1 is 1.29 bits per heavy atom. The molecule has 0 radical (unpaired) electrons. The lowest BCUT2D eigenvalue weighted by molar-refractivity contribution is -0.142. The van der Waals surface area contributed by atoms with Crippen LogP contribution in [-0.4, -0.2) is 45.1 Å². The third kappa shape index (κ3) is 2.05. The maximum atomic E-state index is 12.5. The Bertz CT molecular complexity index is 710. The van der Waals surface area contributed by atoms with Gasteiger partial charge in [-0.1, -0.05) is 0 Å². The van der Waals surface area contributed by atoms with Crippen LogP contribution in [0.15, 0.2) is 11.3 Å². The molecule has 2 aliphatic rings. The van der Waals surface area contributed by atoms with Crippen LogP contribution < -0.4 is 0 Å². The number of imidazole rings is 1. The average Bonchev–Trinajstić information content (AvgIpc) is 3.18. The van der Waals surface area contributed by atoms with Crippen LogP contribution in [0, 0.1) is 0 Å². The molecule has 1 fully saturated rings. The molecule has 0 amide bonds. The minimum Gasteiger partial charge on any atom is -0.458 e. The fourth-order valence-electron chi connectivity index (χ4n) is 2.48. The minimum atomic E-state index is -0.437. The second-order valence-electron chi connectivity index (χ2n) is 5.18. The Labute approximate surface area is 121 Å². The van der Waals surface area contributed by atoms with E-state index < -0.39 is 5.97 Å². The summed E-state index contributed by atoms with van der Waals surface area (Å²) < 4.78 is 6.43. The largest absolute Gasteiger partial charge is 0.458 e. The number of allylic oxidation sites excluding steroid dienone is 2. The van der Waals surface area contributed by atoms with E-state index in [0.29, 0.717) is 17.1 Å². The molecule has 1 saturated heterocycles. The molecule has 1 aliphatic heterocycles. The molecule has 0 spiro atoms. The van der Waals surface area contributed by atoms with Gasteiger partial charge in [-0.15, -0.1) is 0 Å². The zero-order valence-electron chi connectivity index (χ0n) is 12.1. The van der Waals surface area contributed by atoms with Crippen molar-refractivity contribution < 1.29 is 19.1 Å². The second kappa shape index (κ2) is 4.54. The summed E-state index contributed by atoms with van der Waals surface area (Å²) in [5, 5.41) is 0. The number of Topliss-reactive ketones (excluding diaryl/α,β-unsaturated/α-hetero) is 2. The quantitative estimate of drug-likeness (QED) is 0.593. The summed E-state index contributed by atoms with van der Waals surface area (Å²) in [6.07, 6.45) is 0. The molecule has 2 heterocycles. The summed E-state index contributed by atoms with van der Waals surface area (Å²) in [6.45, 7) is 4.47. The molecule has 1 aromatic heterocycles. The van der Waals surface area contributed by atoms with Gasteiger partial charge in [-0.25, -0.2) is 4.98 Å². The predicted molar refractivity (Wildman–Crippen MR) is 71.6 cm³/mol. The first kappa shape index (κ1) is 13.5. The van der Waals surface area contributed by atoms with Crippen molar-refractivity contribution in [3.05, 3.63) is 28.5 Å². The zero-order valence-corrected chi connectivity index (χ0v) is 12.1. The first-order valence-corrected chi connectivity index (χ1v) is 6.66. The van der Waals surface area contributed by atoms with Gasteiger partial charge >= 0.3 is 5.97 Å². The first-order chi connectivity index (χ1) is 9.91. The van der Waals surface area contributed by atoms with Gasteiger partial charge in [0.05, 0.1) is 5.70 Å². The summed E-state index contributed by atoms with van der Waals surface area (Å²) in [7, 11) is 1.64. The molecule has 0 bridgehead atoms. The number of rotatable bonds is 3. The lowest BCUT2D eigenvalue weighted by atomic mass is 9.95. The summed E-state index contributed by atoms with van der Waals surface area (Å²) in [5.74, 6) is -0.482. The molecule has 7 heteroatoms. The molecule has 110 valence electrons. The molecule has 21 heavy (non-hydrogen) atoms. The van der Waals surface area contributed by atoms with Gasteiger partial charge in [0.2, 0.25) is 11.6 Å². The van der Waals surface area contributed by atoms with E-state index >= 15 is 0 Å². The highest BCUT2D eigenvalue weighted by atomic mass is 16.5. The smallest absolute Gasteiger partial charge is 0.303 e. The van der Waals surface area contributed by atoms with Crippen LogP contribution in [-0.2, 0) is 23.2 Å². The van der Waals surface area contributed by atoms with Gasteiger partial charge in [-0.05, 0) is 6.92 Å². The molecule has 0 saturated carbocycles. The van der Waals surface area contributed by atoms with Crippen LogP contribution >= 0.6 is 0 Å². The number of aromatic nitrogens is 2. The van der Waals surface area contributed by atoms with Crippen molar-refractivity contribution in [1.82, 2.24) is 14.5 Å². The van der Waals surface area contributed by atoms with Crippen LogP contribution in [0.1, 0.15) is 40.6 Å². The molecule has 1 aromatic rings. The monoisotopic (exact) mass is 289 g/mol. The highest BCUT2D eigenvalue weighted by molar-refractivity contribution is 6.25. The Hall–Kier alpha value is -2.44. The van der Waals surface area contributed by atoms with E-state index in [9.17, 15) is 14.4 Å². The number of esters is 1. The molecule has 0 aromatic carbocycles. The zero-order chi connectivity index (χ0) is 15.3. The van der Waals surface area contributed by atoms with E-state index in [1.54, 1.807) is 14.0 Å². The Kier molecular flexibility index (Phi) is 2.93. The van der Waals surface area contributed by atoms with Crippen molar-refractivity contribution in [3.8, 4) is 0 Å². The van der Waals surface area contributed by atoms with Gasteiger partial charge in [-0.2, -0.15) is 0 Å². The third-order valence-electron chi connectivity index (χ3n) is 3.70. The van der Waals surface area contributed by atoms with E-state index in [2.05, 4.69) is 4.98 Å². The minimum absolute atomic E-state index is 0.0580. The number of hydrogen-bond donors (Lipinski definition) is 0. The number of ether oxygens (including phenoxy) is 1. The fraction of sp³-hybridized carbons (Fsp3) is 0.429. The highest BCUT2D eigenvalue weighted by Crippen LogP contribution is 2.31. The summed E-state index contributed by atoms with van der Waals surface area (Å²) in [6, 6.07) is 0. The van der Waals surface area contributed by atoms with Crippen LogP contribution in [0.5, 0.6) is 0 Å². The van der Waals surface area contributed by atoms with Crippen LogP contribution in [0.4, 0.5) is 0 Å². The van der Waals surface area contributed by atoms with Crippen molar-refractivity contribution in [2.45, 2.75) is 20.5 Å². The van der Waals surface area contributed by atoms with E-state index in [-0.39, 0.29) is 29.6 Å². The normalized spacial score (nSPS) is 17.2. The van der Waals surface area contributed by atoms with Gasteiger partial charge in [0, 0.05) is 32.6 Å². The number of nitrogens with zero attached hydrogens (tertiary/aromatic N) is 3. The van der Waals surface area contributed by atoms with Gasteiger partial charge in [0.1, 0.15) is 23.8 Å². The van der Waals surface area contributed by atoms with E-state index in [1.165, 1.54) is 11.5 Å². The van der Waals surface area contributed by atoms with E-state index in [0.717, 1.165) is 13.1 Å². The lowest BCUT2D eigenvalue weighted by Crippen LogP contribution is -2.26. The summed E-state index contributed by atoms with van der Waals surface area (Å²) in [4.78, 5) is 42.0. The number of ketones is 2. The summed E-state index contributed by atoms with van der Waals surface area (Å²) >= 11 is 0. The molecular formula is C14H15N3O4. The van der Waals surface area contributed by atoms with Gasteiger partial charge in [0.15, 0.2) is 0 Å². The highest BCUT2D eigenvalue weighted by Gasteiger charge is 2.40. The van der Waals surface area contributed by atoms with Gasteiger partial charge in [0.25, 0.3) is 0 Å². The van der Waals surface area contributed by atoms with Crippen molar-refractivity contribution in [2.24, 2.45) is 7.05 Å². The van der Waals surface area contributed by atoms with Crippen molar-refractivity contribution in [2.75, 3.05) is 13.1 Å². The Balaban J connectivity index is 2.03. The van der Waals surface area contributed by atoms with Crippen LogP contribution in [0.2, 0.25) is 0 Å². The third-order valence-corrected chi connectivity index (χ3v) is 3.70. The van der Waals surface area contributed by atoms with Gasteiger partial charge < -0.3 is 14.2 Å². The molecule has 0 unspecified atom stereocenters. The van der Waals surface area contributed by atoms with E-state index in [1.807, 2.05) is 4.90 Å². The second-order valence-corrected chi connectivity index (χ2v) is 5.18. The van der Waals surface area contributed by atoms with Crippen molar-refractivity contribution in [1.29, 1.82) is 0 Å². The van der Waals surface area contributed by atoms with E-state index in [4.69, 9.17) is 4.74 Å². The topological polar surface area (TPSA) is 81.3 Å². The lowest BCUT2D eigenvalue weighted by Gasteiger charge is -2.17. The molecule has 3 rings (SSSR count). The molecule has 0 N–H and O–H groups in total. The maximum Gasteiger partial charge on any atom is 0.303 e. The van der Waals surface area contributed by atoms with Crippen LogP contribution in [0.3, 0.4) is 0 Å². The molecule has 7 nitrogen and oxygen atoms in total. The van der Waals surface area contributed by atoms with Crippen molar-refractivity contribution >= 4 is 17.5 Å². The predicted octanol–water partition coefficient (Wildman–Crippen LogP) is 0.452. The summed E-state index contributed by atoms with van der Waals surface area (Å²) in [5.41, 5.74) is 1.32. The first-order valence-electron chi connectivity index (χ1n) is 6.66. The standard InChI is InChI=1S/C14H15N3O4/c1-7-11(17-4-5-17)14(20)10-12(13(7)19)16(3)9(15-10)6-21-8(2)18/h4-6H2,1-3H3. The Morgan fingerprint density at radius 3 is 2.52 bits per heavy atom. The fourth-order valence-corrected chi connectivity index (χ4v) is 2.48. The van der Waals surface area contributed by atoms with Gasteiger partial charge in [-0.3, -0.25) is 14.4 Å². The maximum absolute atomic E-state index is 12.5. The molecule has 1 aliphatic carbocycles. The SMILES string of the molecule is CC(=O)OCc1nc2c(n1C)C(=O)C(C)=C(N1CC1)C2=O.